The Bertz CT molecular complexity index is 62.0. The molecule has 0 bridgehead atoms. The van der Waals surface area contributed by atoms with E-state index in [0.29, 0.717) is 0 Å². The van der Waals surface area contributed by atoms with Gasteiger partial charge >= 0.3 is 0 Å². The molecule has 0 aromatic rings. The van der Waals surface area contributed by atoms with Crippen molar-refractivity contribution < 1.29 is 39.9 Å². The maximum atomic E-state index is 2.99. The van der Waals surface area contributed by atoms with E-state index in [2.05, 4.69) is 12.2 Å². The molecular formula is C5H5Gd-. The van der Waals surface area contributed by atoms with Gasteiger partial charge < -0.3 is 0 Å². The molecule has 0 unspecified atom stereocenters. The summed E-state index contributed by atoms with van der Waals surface area (Å²) in [4.78, 5) is 0. The summed E-state index contributed by atoms with van der Waals surface area (Å²) in [6.07, 6.45) is 10.0. The Morgan fingerprint density at radius 2 is 2.33 bits per heavy atom. The minimum absolute atomic E-state index is 0. The van der Waals surface area contributed by atoms with Crippen LogP contribution >= 0.6 is 0 Å². The first-order valence-corrected chi connectivity index (χ1v) is 1.72. The molecule has 0 saturated heterocycles. The second kappa shape index (κ2) is 3.98. The quantitative estimate of drug-likeness (QED) is 0.542. The molecule has 0 heterocycles. The summed E-state index contributed by atoms with van der Waals surface area (Å²) in [6, 6.07) is 0. The van der Waals surface area contributed by atoms with Gasteiger partial charge in [0.1, 0.15) is 0 Å². The summed E-state index contributed by atoms with van der Waals surface area (Å²) in [5.41, 5.74) is 0. The average Bonchev–Trinajstić information content (AvgIpc) is 1.76. The van der Waals surface area contributed by atoms with Crippen molar-refractivity contribution in [1.82, 2.24) is 0 Å². The molecule has 0 amide bonds. The second-order valence-corrected chi connectivity index (χ2v) is 1.00. The van der Waals surface area contributed by atoms with Crippen molar-refractivity contribution in [2.75, 3.05) is 0 Å². The fourth-order valence-corrected chi connectivity index (χ4v) is 0.340. The standard InChI is InChI=1S/C5H5.Gd/c1-2-4-5-3-1;/h1-3H,4H2;/q-1;. The Morgan fingerprint density at radius 1 is 1.50 bits per heavy atom. The Balaban J connectivity index is 0.000000250. The zero-order valence-corrected chi connectivity index (χ0v) is 5.56. The van der Waals surface area contributed by atoms with Crippen LogP contribution in [0.4, 0.5) is 0 Å². The van der Waals surface area contributed by atoms with Gasteiger partial charge in [0.25, 0.3) is 0 Å². The van der Waals surface area contributed by atoms with Gasteiger partial charge in [-0.3, -0.25) is 6.08 Å². The molecule has 0 spiro atoms. The normalized spacial score (nSPS) is 14.7. The molecule has 0 fully saturated rings. The van der Waals surface area contributed by atoms with Gasteiger partial charge in [-0.2, -0.15) is 6.08 Å². The zero-order valence-electron chi connectivity index (χ0n) is 3.29. The maximum absolute atomic E-state index is 2.99. The Labute approximate surface area is 70.0 Å². The second-order valence-electron chi connectivity index (χ2n) is 1.00. The van der Waals surface area contributed by atoms with Gasteiger partial charge in [0, 0.05) is 39.9 Å². The molecular weight excluding hydrogens is 217 g/mol. The summed E-state index contributed by atoms with van der Waals surface area (Å²) in [5.74, 6) is 0. The predicted octanol–water partition coefficient (Wildman–Crippen LogP) is 1.31. The molecule has 6 heavy (non-hydrogen) atoms. The van der Waals surface area contributed by atoms with Crippen LogP contribution in [0, 0.1) is 46.0 Å². The van der Waals surface area contributed by atoms with Gasteiger partial charge in [-0.15, -0.1) is 6.42 Å². The number of rotatable bonds is 0. The Morgan fingerprint density at radius 3 is 2.50 bits per heavy atom. The van der Waals surface area contributed by atoms with Crippen LogP contribution in [0.5, 0.6) is 0 Å². The van der Waals surface area contributed by atoms with Crippen LogP contribution in [0.3, 0.4) is 0 Å². The van der Waals surface area contributed by atoms with E-state index in [1.54, 1.807) is 0 Å². The van der Waals surface area contributed by atoms with E-state index in [-0.39, 0.29) is 39.9 Å². The van der Waals surface area contributed by atoms with Crippen molar-refractivity contribution in [1.29, 1.82) is 0 Å². The van der Waals surface area contributed by atoms with Gasteiger partial charge in [0.05, 0.1) is 0 Å². The van der Waals surface area contributed by atoms with Gasteiger partial charge in [0.2, 0.25) is 0 Å². The molecule has 1 rings (SSSR count). The third kappa shape index (κ3) is 2.06. The molecule has 1 aliphatic carbocycles. The largest absolute Gasteiger partial charge is 0.273 e. The summed E-state index contributed by atoms with van der Waals surface area (Å²) in [7, 11) is 0. The first-order chi connectivity index (χ1) is 2.50. The maximum Gasteiger partial charge on any atom is 0 e. The third-order valence-corrected chi connectivity index (χ3v) is 0.586. The van der Waals surface area contributed by atoms with E-state index in [4.69, 9.17) is 0 Å². The van der Waals surface area contributed by atoms with Crippen molar-refractivity contribution in [3.05, 3.63) is 24.3 Å². The van der Waals surface area contributed by atoms with Gasteiger partial charge in [-0.05, 0) is 0 Å². The molecule has 0 radical (unpaired) electrons. The Kier molecular flexibility index (Phi) is 4.51. The average molecular weight is 222 g/mol. The minimum Gasteiger partial charge on any atom is -0.273 e. The molecule has 1 aliphatic rings. The topological polar surface area (TPSA) is 0 Å². The number of hydrogen-bond acceptors (Lipinski definition) is 0. The van der Waals surface area contributed by atoms with Crippen LogP contribution in [0.2, 0.25) is 0 Å². The van der Waals surface area contributed by atoms with Gasteiger partial charge in [-0.25, -0.2) is 12.2 Å². The van der Waals surface area contributed by atoms with E-state index in [0.717, 1.165) is 6.42 Å². The monoisotopic (exact) mass is 223 g/mol. The molecule has 34 valence electrons. The van der Waals surface area contributed by atoms with E-state index >= 15 is 0 Å². The van der Waals surface area contributed by atoms with Crippen molar-refractivity contribution in [2.24, 2.45) is 0 Å². The molecule has 0 saturated carbocycles. The molecule has 1 heteroatoms. The molecule has 0 aliphatic heterocycles. The van der Waals surface area contributed by atoms with Crippen molar-refractivity contribution in [2.45, 2.75) is 6.42 Å². The molecule has 0 nitrogen and oxygen atoms in total. The number of allylic oxidation sites excluding steroid dienone is 4. The van der Waals surface area contributed by atoms with E-state index in [9.17, 15) is 0 Å². The third-order valence-electron chi connectivity index (χ3n) is 0.586. The van der Waals surface area contributed by atoms with Crippen LogP contribution < -0.4 is 0 Å². The minimum atomic E-state index is 0. The SMILES string of the molecule is [C-]1=CC=CC1.[Gd]. The van der Waals surface area contributed by atoms with Crippen LogP contribution in [0.25, 0.3) is 0 Å². The van der Waals surface area contributed by atoms with Gasteiger partial charge in [-0.1, -0.05) is 0 Å². The summed E-state index contributed by atoms with van der Waals surface area (Å²) in [5, 5.41) is 0. The van der Waals surface area contributed by atoms with E-state index in [1.165, 1.54) is 0 Å². The molecule has 0 aromatic heterocycles. The summed E-state index contributed by atoms with van der Waals surface area (Å²) < 4.78 is 0. The van der Waals surface area contributed by atoms with Crippen molar-refractivity contribution >= 4 is 0 Å². The zero-order chi connectivity index (χ0) is 3.54. The van der Waals surface area contributed by atoms with Crippen LogP contribution in [0.1, 0.15) is 6.42 Å². The summed E-state index contributed by atoms with van der Waals surface area (Å²) in [6.45, 7) is 0. The summed E-state index contributed by atoms with van der Waals surface area (Å²) >= 11 is 0. The van der Waals surface area contributed by atoms with Crippen LogP contribution in [-0.2, 0) is 0 Å². The first-order valence-electron chi connectivity index (χ1n) is 1.72. The fraction of sp³-hybridized carbons (Fsp3) is 0.200. The molecule has 0 atom stereocenters. The predicted molar refractivity (Wildman–Crippen MR) is 21.6 cm³/mol. The van der Waals surface area contributed by atoms with Crippen molar-refractivity contribution in [3.8, 4) is 0 Å². The number of hydrogen-bond donors (Lipinski definition) is 0. The van der Waals surface area contributed by atoms with Gasteiger partial charge in [0.15, 0.2) is 0 Å². The molecule has 0 aromatic carbocycles. The smallest absolute Gasteiger partial charge is 0 e. The first kappa shape index (κ1) is 6.80. The van der Waals surface area contributed by atoms with Crippen LogP contribution in [-0.4, -0.2) is 0 Å². The Hall–Kier alpha value is 0.805. The fourth-order valence-electron chi connectivity index (χ4n) is 0.340. The molecule has 0 N–H and O–H groups in total. The van der Waals surface area contributed by atoms with E-state index in [1.807, 2.05) is 12.2 Å². The van der Waals surface area contributed by atoms with Crippen LogP contribution in [0.15, 0.2) is 18.2 Å². The van der Waals surface area contributed by atoms with E-state index < -0.39 is 0 Å². The van der Waals surface area contributed by atoms with Crippen molar-refractivity contribution in [3.63, 3.8) is 0 Å².